The Labute approximate surface area is 155 Å². The van der Waals surface area contributed by atoms with Crippen molar-refractivity contribution in [3.05, 3.63) is 23.5 Å². The van der Waals surface area contributed by atoms with Gasteiger partial charge in [-0.05, 0) is 45.2 Å². The third kappa shape index (κ3) is 3.55. The molecular formula is C20H28N4O2. The van der Waals surface area contributed by atoms with Gasteiger partial charge in [0.05, 0.1) is 5.92 Å². The van der Waals surface area contributed by atoms with Gasteiger partial charge in [-0.15, -0.1) is 0 Å². The third-order valence-corrected chi connectivity index (χ3v) is 5.80. The molecule has 0 radical (unpaired) electrons. The number of amides is 2. The maximum atomic E-state index is 13.0. The van der Waals surface area contributed by atoms with Crippen molar-refractivity contribution >= 4 is 17.5 Å². The molecule has 1 unspecified atom stereocenters. The van der Waals surface area contributed by atoms with Gasteiger partial charge in [-0.2, -0.15) is 0 Å². The first-order valence-corrected chi connectivity index (χ1v) is 9.80. The zero-order valence-corrected chi connectivity index (χ0v) is 15.8. The molecule has 2 aliphatic heterocycles. The molecule has 1 aromatic heterocycles. The van der Waals surface area contributed by atoms with Crippen molar-refractivity contribution in [2.75, 3.05) is 37.6 Å². The normalized spacial score (nSPS) is 24.2. The summed E-state index contributed by atoms with van der Waals surface area (Å²) in [6, 6.07) is 4.64. The Morgan fingerprint density at radius 3 is 2.31 bits per heavy atom. The first kappa shape index (κ1) is 17.3. The molecule has 2 amide bonds. The van der Waals surface area contributed by atoms with Crippen molar-refractivity contribution in [2.24, 2.45) is 5.92 Å². The van der Waals surface area contributed by atoms with E-state index in [1.807, 2.05) is 23.6 Å². The van der Waals surface area contributed by atoms with Crippen LogP contribution in [0, 0.1) is 19.8 Å². The van der Waals surface area contributed by atoms with Crippen molar-refractivity contribution < 1.29 is 9.59 Å². The maximum absolute atomic E-state index is 13.0. The molecule has 0 aromatic carbocycles. The number of carbonyl (C=O) groups is 2. The number of pyridine rings is 1. The number of anilines is 1. The molecule has 1 atom stereocenters. The highest BCUT2D eigenvalue weighted by molar-refractivity contribution is 5.84. The van der Waals surface area contributed by atoms with Crippen LogP contribution in [0.1, 0.15) is 37.1 Å². The molecule has 140 valence electrons. The van der Waals surface area contributed by atoms with Crippen molar-refractivity contribution in [1.82, 2.24) is 14.8 Å². The fourth-order valence-electron chi connectivity index (χ4n) is 4.25. The fraction of sp³-hybridized carbons (Fsp3) is 0.650. The third-order valence-electron chi connectivity index (χ3n) is 5.80. The molecular weight excluding hydrogens is 328 g/mol. The maximum Gasteiger partial charge on any atom is 0.227 e. The van der Waals surface area contributed by atoms with Crippen molar-refractivity contribution in [3.63, 3.8) is 0 Å². The fourth-order valence-corrected chi connectivity index (χ4v) is 4.25. The van der Waals surface area contributed by atoms with E-state index in [4.69, 9.17) is 0 Å². The van der Waals surface area contributed by atoms with E-state index < -0.39 is 0 Å². The highest BCUT2D eigenvalue weighted by Gasteiger charge is 2.40. The number of aromatic nitrogens is 1. The van der Waals surface area contributed by atoms with E-state index in [0.717, 1.165) is 50.4 Å². The molecule has 0 N–H and O–H groups in total. The van der Waals surface area contributed by atoms with E-state index in [2.05, 4.69) is 22.0 Å². The van der Waals surface area contributed by atoms with Gasteiger partial charge in [0.15, 0.2) is 0 Å². The number of nitrogens with zero attached hydrogens (tertiary/aromatic N) is 4. The molecule has 1 saturated carbocycles. The summed E-state index contributed by atoms with van der Waals surface area (Å²) in [5.74, 6) is 0.472. The lowest BCUT2D eigenvalue weighted by Crippen LogP contribution is -2.53. The van der Waals surface area contributed by atoms with Crippen LogP contribution in [0.15, 0.2) is 12.1 Å². The first-order valence-electron chi connectivity index (χ1n) is 9.80. The van der Waals surface area contributed by atoms with E-state index in [1.165, 1.54) is 5.69 Å². The quantitative estimate of drug-likeness (QED) is 0.828. The van der Waals surface area contributed by atoms with Crippen molar-refractivity contribution in [1.29, 1.82) is 0 Å². The van der Waals surface area contributed by atoms with Crippen LogP contribution >= 0.6 is 0 Å². The molecule has 0 spiro atoms. The standard InChI is InChI=1S/C20H28N4O2/c1-14-11-18(12-15(2)21-14)22-7-9-23(10-8-22)20(26)16-3-6-19(25)24(13-16)17-4-5-17/h11-12,16-17H,3-10,13H2,1-2H3. The number of likely N-dealkylation sites (tertiary alicyclic amines) is 1. The average Bonchev–Trinajstić information content (AvgIpc) is 3.46. The number of hydrogen-bond donors (Lipinski definition) is 0. The molecule has 3 fully saturated rings. The lowest BCUT2D eigenvalue weighted by atomic mass is 9.95. The topological polar surface area (TPSA) is 56.8 Å². The Kier molecular flexibility index (Phi) is 4.59. The van der Waals surface area contributed by atoms with E-state index in [0.29, 0.717) is 25.4 Å². The van der Waals surface area contributed by atoms with Crippen molar-refractivity contribution in [3.8, 4) is 0 Å². The van der Waals surface area contributed by atoms with E-state index in [9.17, 15) is 9.59 Å². The van der Waals surface area contributed by atoms with Crippen LogP contribution in [0.5, 0.6) is 0 Å². The van der Waals surface area contributed by atoms with Gasteiger partial charge in [-0.1, -0.05) is 0 Å². The van der Waals surface area contributed by atoms with Gasteiger partial charge < -0.3 is 14.7 Å². The second kappa shape index (κ2) is 6.89. The summed E-state index contributed by atoms with van der Waals surface area (Å²) >= 11 is 0. The van der Waals surface area contributed by atoms with Crippen LogP contribution in [0.3, 0.4) is 0 Å². The van der Waals surface area contributed by atoms with Crippen LogP contribution in [0.2, 0.25) is 0 Å². The Balaban J connectivity index is 1.35. The predicted molar refractivity (Wildman–Crippen MR) is 100.0 cm³/mol. The average molecular weight is 356 g/mol. The van der Waals surface area contributed by atoms with Gasteiger partial charge in [0.1, 0.15) is 0 Å². The lowest BCUT2D eigenvalue weighted by Gasteiger charge is -2.39. The summed E-state index contributed by atoms with van der Waals surface area (Å²) in [6.45, 7) is 7.89. The number of carbonyl (C=O) groups excluding carboxylic acids is 2. The SMILES string of the molecule is Cc1cc(N2CCN(C(=O)C3CCC(=O)N(C4CC4)C3)CC2)cc(C)n1. The summed E-state index contributed by atoms with van der Waals surface area (Å²) in [5, 5.41) is 0. The molecule has 6 heteroatoms. The minimum atomic E-state index is -0.00901. The zero-order valence-electron chi connectivity index (χ0n) is 15.8. The second-order valence-corrected chi connectivity index (χ2v) is 7.93. The van der Waals surface area contributed by atoms with E-state index >= 15 is 0 Å². The predicted octanol–water partition coefficient (Wildman–Crippen LogP) is 1.75. The highest BCUT2D eigenvalue weighted by Crippen LogP contribution is 2.32. The summed E-state index contributed by atoms with van der Waals surface area (Å²) in [7, 11) is 0. The van der Waals surface area contributed by atoms with E-state index in [1.54, 1.807) is 0 Å². The zero-order chi connectivity index (χ0) is 18.3. The van der Waals surface area contributed by atoms with Crippen LogP contribution in [-0.2, 0) is 9.59 Å². The highest BCUT2D eigenvalue weighted by atomic mass is 16.2. The molecule has 2 saturated heterocycles. The summed E-state index contributed by atoms with van der Waals surface area (Å²) < 4.78 is 0. The van der Waals surface area contributed by atoms with Crippen molar-refractivity contribution in [2.45, 2.75) is 45.6 Å². The number of aryl methyl sites for hydroxylation is 2. The number of piperazine rings is 1. The molecule has 4 rings (SSSR count). The Morgan fingerprint density at radius 1 is 1.04 bits per heavy atom. The van der Waals surface area contributed by atoms with Gasteiger partial charge in [-0.3, -0.25) is 14.6 Å². The Morgan fingerprint density at radius 2 is 1.69 bits per heavy atom. The van der Waals surface area contributed by atoms with Gasteiger partial charge in [-0.25, -0.2) is 0 Å². The molecule has 6 nitrogen and oxygen atoms in total. The molecule has 3 aliphatic rings. The first-order chi connectivity index (χ1) is 12.5. The molecule has 1 aliphatic carbocycles. The minimum absolute atomic E-state index is 0.00901. The van der Waals surface area contributed by atoms with Gasteiger partial charge in [0.25, 0.3) is 0 Å². The summed E-state index contributed by atoms with van der Waals surface area (Å²) in [6.07, 6.45) is 3.46. The molecule has 0 bridgehead atoms. The largest absolute Gasteiger partial charge is 0.368 e. The van der Waals surface area contributed by atoms with Crippen LogP contribution < -0.4 is 4.90 Å². The lowest BCUT2D eigenvalue weighted by molar-refractivity contribution is -0.143. The van der Waals surface area contributed by atoms with Gasteiger partial charge in [0, 0.05) is 62.3 Å². The van der Waals surface area contributed by atoms with Gasteiger partial charge in [0.2, 0.25) is 11.8 Å². The smallest absolute Gasteiger partial charge is 0.227 e. The number of rotatable bonds is 3. The Hall–Kier alpha value is -2.11. The molecule has 26 heavy (non-hydrogen) atoms. The van der Waals surface area contributed by atoms with Crippen LogP contribution in [-0.4, -0.2) is 65.4 Å². The van der Waals surface area contributed by atoms with Crippen LogP contribution in [0.25, 0.3) is 0 Å². The number of piperidine rings is 1. The Bertz CT molecular complexity index is 688. The summed E-state index contributed by atoms with van der Waals surface area (Å²) in [5.41, 5.74) is 3.27. The minimum Gasteiger partial charge on any atom is -0.368 e. The summed E-state index contributed by atoms with van der Waals surface area (Å²) in [4.78, 5) is 35.8. The molecule has 1 aromatic rings. The second-order valence-electron chi connectivity index (χ2n) is 7.93. The van der Waals surface area contributed by atoms with Gasteiger partial charge >= 0.3 is 0 Å². The molecule has 3 heterocycles. The number of hydrogen-bond acceptors (Lipinski definition) is 4. The van der Waals surface area contributed by atoms with Crippen LogP contribution in [0.4, 0.5) is 5.69 Å². The monoisotopic (exact) mass is 356 g/mol. The van der Waals surface area contributed by atoms with E-state index in [-0.39, 0.29) is 17.7 Å².